The van der Waals surface area contributed by atoms with Crippen LogP contribution >= 0.6 is 0 Å². The standard InChI is InChI=1S/C12H18N2O2/c1-16-8-10(7-15)13-12-6-5-9-3-2-4-11(9)14-12/h5-6,10,15H,2-4,7-8H2,1H3,(H,13,14). The second-order valence-corrected chi connectivity index (χ2v) is 4.14. The van der Waals surface area contributed by atoms with Crippen LogP contribution in [0.5, 0.6) is 0 Å². The van der Waals surface area contributed by atoms with Gasteiger partial charge in [-0.2, -0.15) is 0 Å². The van der Waals surface area contributed by atoms with E-state index in [9.17, 15) is 0 Å². The molecule has 0 saturated heterocycles. The van der Waals surface area contributed by atoms with Gasteiger partial charge in [0, 0.05) is 12.8 Å². The lowest BCUT2D eigenvalue weighted by Gasteiger charge is -2.16. The molecular weight excluding hydrogens is 204 g/mol. The van der Waals surface area contributed by atoms with Crippen molar-refractivity contribution in [3.8, 4) is 0 Å². The van der Waals surface area contributed by atoms with Crippen LogP contribution in [0.25, 0.3) is 0 Å². The maximum absolute atomic E-state index is 9.14. The van der Waals surface area contributed by atoms with E-state index in [1.54, 1.807) is 7.11 Å². The summed E-state index contributed by atoms with van der Waals surface area (Å²) in [5, 5.41) is 12.3. The van der Waals surface area contributed by atoms with Crippen LogP contribution in [0, 0.1) is 0 Å². The number of rotatable bonds is 5. The summed E-state index contributed by atoms with van der Waals surface area (Å²) in [5.41, 5.74) is 2.55. The fraction of sp³-hybridized carbons (Fsp3) is 0.583. The zero-order valence-electron chi connectivity index (χ0n) is 9.57. The van der Waals surface area contributed by atoms with Crippen LogP contribution in [0.4, 0.5) is 5.82 Å². The molecule has 4 nitrogen and oxygen atoms in total. The molecule has 1 aliphatic rings. The van der Waals surface area contributed by atoms with Gasteiger partial charge in [0.25, 0.3) is 0 Å². The lowest BCUT2D eigenvalue weighted by atomic mass is 10.2. The lowest BCUT2D eigenvalue weighted by molar-refractivity contribution is 0.153. The van der Waals surface area contributed by atoms with Crippen LogP contribution in [-0.4, -0.2) is 36.5 Å². The van der Waals surface area contributed by atoms with Crippen molar-refractivity contribution >= 4 is 5.82 Å². The molecule has 0 radical (unpaired) electrons. The molecule has 4 heteroatoms. The Labute approximate surface area is 95.7 Å². The summed E-state index contributed by atoms with van der Waals surface area (Å²) in [4.78, 5) is 4.55. The molecular formula is C12H18N2O2. The molecule has 1 aromatic heterocycles. The summed E-state index contributed by atoms with van der Waals surface area (Å²) < 4.78 is 5.01. The first-order chi connectivity index (χ1) is 7.83. The molecule has 0 amide bonds. The van der Waals surface area contributed by atoms with E-state index >= 15 is 0 Å². The average molecular weight is 222 g/mol. The van der Waals surface area contributed by atoms with Crippen molar-refractivity contribution in [1.29, 1.82) is 0 Å². The molecule has 0 bridgehead atoms. The molecule has 2 N–H and O–H groups in total. The van der Waals surface area contributed by atoms with Crippen molar-refractivity contribution < 1.29 is 9.84 Å². The van der Waals surface area contributed by atoms with Gasteiger partial charge in [-0.1, -0.05) is 6.07 Å². The molecule has 0 aromatic carbocycles. The first-order valence-electron chi connectivity index (χ1n) is 5.68. The number of pyridine rings is 1. The number of aliphatic hydroxyl groups excluding tert-OH is 1. The van der Waals surface area contributed by atoms with E-state index < -0.39 is 0 Å². The number of methoxy groups -OCH3 is 1. The number of aromatic nitrogens is 1. The second kappa shape index (κ2) is 5.27. The minimum Gasteiger partial charge on any atom is -0.394 e. The molecule has 0 spiro atoms. The van der Waals surface area contributed by atoms with Crippen molar-refractivity contribution in [2.45, 2.75) is 25.3 Å². The van der Waals surface area contributed by atoms with Crippen LogP contribution in [-0.2, 0) is 17.6 Å². The Morgan fingerprint density at radius 2 is 2.38 bits per heavy atom. The Hall–Kier alpha value is -1.13. The minimum absolute atomic E-state index is 0.0482. The van der Waals surface area contributed by atoms with Crippen LogP contribution in [0.2, 0.25) is 0 Å². The Kier molecular flexibility index (Phi) is 3.74. The van der Waals surface area contributed by atoms with Crippen LogP contribution in [0.15, 0.2) is 12.1 Å². The summed E-state index contributed by atoms with van der Waals surface area (Å²) in [7, 11) is 1.63. The summed E-state index contributed by atoms with van der Waals surface area (Å²) in [6.45, 7) is 0.530. The predicted molar refractivity (Wildman–Crippen MR) is 62.6 cm³/mol. The molecule has 1 atom stereocenters. The van der Waals surface area contributed by atoms with Gasteiger partial charge in [-0.15, -0.1) is 0 Å². The first kappa shape index (κ1) is 11.4. The quantitative estimate of drug-likeness (QED) is 0.780. The molecule has 88 valence electrons. The fourth-order valence-corrected chi connectivity index (χ4v) is 2.05. The maximum atomic E-state index is 9.14. The Morgan fingerprint density at radius 3 is 3.12 bits per heavy atom. The van der Waals surface area contributed by atoms with Gasteiger partial charge in [0.05, 0.1) is 19.3 Å². The fourth-order valence-electron chi connectivity index (χ4n) is 2.05. The molecule has 2 rings (SSSR count). The van der Waals surface area contributed by atoms with E-state index in [1.807, 2.05) is 6.07 Å². The number of hydrogen-bond donors (Lipinski definition) is 2. The highest BCUT2D eigenvalue weighted by Crippen LogP contribution is 2.21. The average Bonchev–Trinajstić information content (AvgIpc) is 2.75. The third kappa shape index (κ3) is 2.51. The summed E-state index contributed by atoms with van der Waals surface area (Å²) in [6, 6.07) is 4.01. The zero-order chi connectivity index (χ0) is 11.4. The highest BCUT2D eigenvalue weighted by molar-refractivity contribution is 5.41. The minimum atomic E-state index is -0.0862. The number of ether oxygens (including phenoxy) is 1. The first-order valence-corrected chi connectivity index (χ1v) is 5.68. The largest absolute Gasteiger partial charge is 0.394 e. The van der Waals surface area contributed by atoms with Gasteiger partial charge >= 0.3 is 0 Å². The van der Waals surface area contributed by atoms with Gasteiger partial charge in [-0.05, 0) is 30.9 Å². The number of anilines is 1. The highest BCUT2D eigenvalue weighted by atomic mass is 16.5. The molecule has 0 saturated carbocycles. The summed E-state index contributed by atoms with van der Waals surface area (Å²) >= 11 is 0. The zero-order valence-corrected chi connectivity index (χ0v) is 9.57. The number of nitrogens with one attached hydrogen (secondary N) is 1. The van der Waals surface area contributed by atoms with Gasteiger partial charge in [0.1, 0.15) is 5.82 Å². The van der Waals surface area contributed by atoms with Crippen molar-refractivity contribution in [3.05, 3.63) is 23.4 Å². The van der Waals surface area contributed by atoms with Crippen LogP contribution < -0.4 is 5.32 Å². The smallest absolute Gasteiger partial charge is 0.126 e. The molecule has 1 heterocycles. The molecule has 1 aliphatic carbocycles. The molecule has 1 unspecified atom stereocenters. The molecule has 16 heavy (non-hydrogen) atoms. The van der Waals surface area contributed by atoms with Crippen molar-refractivity contribution in [3.63, 3.8) is 0 Å². The Balaban J connectivity index is 2.04. The predicted octanol–water partition coefficient (Wildman–Crippen LogP) is 0.989. The second-order valence-electron chi connectivity index (χ2n) is 4.14. The van der Waals surface area contributed by atoms with E-state index in [-0.39, 0.29) is 12.6 Å². The summed E-state index contributed by atoms with van der Waals surface area (Å²) in [5.74, 6) is 0.830. The normalized spacial score (nSPS) is 15.9. The van der Waals surface area contributed by atoms with Crippen LogP contribution in [0.1, 0.15) is 17.7 Å². The SMILES string of the molecule is COCC(CO)Nc1ccc2c(n1)CCC2. The van der Waals surface area contributed by atoms with Gasteiger partial charge in [0.2, 0.25) is 0 Å². The van der Waals surface area contributed by atoms with E-state index in [2.05, 4.69) is 16.4 Å². The summed E-state index contributed by atoms with van der Waals surface area (Å²) in [6.07, 6.45) is 3.41. The number of nitrogens with zero attached hydrogens (tertiary/aromatic N) is 1. The Morgan fingerprint density at radius 1 is 1.50 bits per heavy atom. The van der Waals surface area contributed by atoms with E-state index in [4.69, 9.17) is 9.84 Å². The maximum Gasteiger partial charge on any atom is 0.126 e. The molecule has 0 aliphatic heterocycles. The van der Waals surface area contributed by atoms with E-state index in [1.165, 1.54) is 17.7 Å². The Bertz CT molecular complexity index is 355. The van der Waals surface area contributed by atoms with Crippen molar-refractivity contribution in [2.24, 2.45) is 0 Å². The van der Waals surface area contributed by atoms with Gasteiger partial charge in [-0.3, -0.25) is 0 Å². The molecule has 1 aromatic rings. The van der Waals surface area contributed by atoms with Crippen molar-refractivity contribution in [1.82, 2.24) is 4.98 Å². The third-order valence-corrected chi connectivity index (χ3v) is 2.87. The number of fused-ring (bicyclic) bond motifs is 1. The van der Waals surface area contributed by atoms with Gasteiger partial charge in [-0.25, -0.2) is 4.98 Å². The van der Waals surface area contributed by atoms with Gasteiger partial charge in [0.15, 0.2) is 0 Å². The van der Waals surface area contributed by atoms with E-state index in [0.29, 0.717) is 6.61 Å². The van der Waals surface area contributed by atoms with Crippen molar-refractivity contribution in [2.75, 3.05) is 25.6 Å². The number of aryl methyl sites for hydroxylation is 2. The molecule has 0 fully saturated rings. The lowest BCUT2D eigenvalue weighted by Crippen LogP contribution is -2.29. The topological polar surface area (TPSA) is 54.4 Å². The van der Waals surface area contributed by atoms with Crippen LogP contribution in [0.3, 0.4) is 0 Å². The number of aliphatic hydroxyl groups is 1. The highest BCUT2D eigenvalue weighted by Gasteiger charge is 2.14. The van der Waals surface area contributed by atoms with E-state index in [0.717, 1.165) is 18.7 Å². The monoisotopic (exact) mass is 222 g/mol. The number of hydrogen-bond acceptors (Lipinski definition) is 4. The van der Waals surface area contributed by atoms with Gasteiger partial charge < -0.3 is 15.2 Å². The third-order valence-electron chi connectivity index (χ3n) is 2.87.